The number of pyridine rings is 1. The molecule has 1 amide bonds. The SMILES string of the molecule is O=C([C@H]1CC1(F)F)N1CCc2[nH]cnc2[C@@H]1c1ccc2ccccc2n1. The summed E-state index contributed by atoms with van der Waals surface area (Å²) in [6.45, 7) is 0.375. The van der Waals surface area contributed by atoms with Gasteiger partial charge in [0.1, 0.15) is 12.0 Å². The molecule has 1 fully saturated rings. The second-order valence-electron chi connectivity index (χ2n) is 6.90. The van der Waals surface area contributed by atoms with E-state index in [2.05, 4.69) is 9.97 Å². The average Bonchev–Trinajstić information content (AvgIpc) is 3.05. The first-order valence-corrected chi connectivity index (χ1v) is 8.61. The fourth-order valence-electron chi connectivity index (χ4n) is 3.73. The summed E-state index contributed by atoms with van der Waals surface area (Å²) in [5, 5.41) is 0.987. The molecule has 7 heteroatoms. The Hall–Kier alpha value is -2.83. The maximum absolute atomic E-state index is 13.5. The zero-order chi connectivity index (χ0) is 17.9. The summed E-state index contributed by atoms with van der Waals surface area (Å²) in [7, 11) is 0. The number of rotatable bonds is 2. The van der Waals surface area contributed by atoms with Crippen molar-refractivity contribution < 1.29 is 13.6 Å². The number of carbonyl (C=O) groups is 1. The number of nitrogens with one attached hydrogen (secondary N) is 1. The van der Waals surface area contributed by atoms with Crippen molar-refractivity contribution in [3.8, 4) is 0 Å². The van der Waals surface area contributed by atoms with Crippen LogP contribution in [0.4, 0.5) is 8.78 Å². The number of para-hydroxylation sites is 1. The molecule has 2 atom stereocenters. The lowest BCUT2D eigenvalue weighted by molar-refractivity contribution is -0.137. The van der Waals surface area contributed by atoms with Crippen molar-refractivity contribution in [3.05, 3.63) is 59.8 Å². The van der Waals surface area contributed by atoms with Crippen molar-refractivity contribution >= 4 is 16.8 Å². The molecule has 1 aliphatic heterocycles. The minimum Gasteiger partial charge on any atom is -0.348 e. The highest BCUT2D eigenvalue weighted by atomic mass is 19.3. The van der Waals surface area contributed by atoms with Gasteiger partial charge in [-0.25, -0.2) is 13.8 Å². The Bertz CT molecular complexity index is 1020. The molecule has 3 aromatic rings. The molecule has 2 aliphatic rings. The summed E-state index contributed by atoms with van der Waals surface area (Å²) in [5.74, 6) is -4.61. The molecule has 0 saturated heterocycles. The van der Waals surface area contributed by atoms with Gasteiger partial charge in [0.25, 0.3) is 5.92 Å². The summed E-state index contributed by atoms with van der Waals surface area (Å²) in [6, 6.07) is 10.9. The Morgan fingerprint density at radius 2 is 2.04 bits per heavy atom. The quantitative estimate of drug-likeness (QED) is 0.769. The molecule has 132 valence electrons. The molecule has 0 radical (unpaired) electrons. The second-order valence-corrected chi connectivity index (χ2v) is 6.90. The van der Waals surface area contributed by atoms with Gasteiger partial charge < -0.3 is 9.88 Å². The van der Waals surface area contributed by atoms with E-state index in [0.29, 0.717) is 24.4 Å². The van der Waals surface area contributed by atoms with Crippen LogP contribution in [-0.2, 0) is 11.2 Å². The molecule has 5 nitrogen and oxygen atoms in total. The Balaban J connectivity index is 1.60. The molecule has 1 aliphatic carbocycles. The first-order valence-electron chi connectivity index (χ1n) is 8.61. The molecule has 3 heterocycles. The van der Waals surface area contributed by atoms with Crippen LogP contribution in [-0.4, -0.2) is 38.2 Å². The zero-order valence-electron chi connectivity index (χ0n) is 13.8. The number of aromatic nitrogens is 3. The normalized spacial score (nSPS) is 23.7. The van der Waals surface area contributed by atoms with Gasteiger partial charge in [0.15, 0.2) is 0 Å². The Morgan fingerprint density at radius 1 is 1.23 bits per heavy atom. The van der Waals surface area contributed by atoms with Crippen LogP contribution in [0.1, 0.15) is 29.5 Å². The van der Waals surface area contributed by atoms with Gasteiger partial charge in [0, 0.05) is 30.5 Å². The summed E-state index contributed by atoms with van der Waals surface area (Å²) < 4.78 is 27.0. The van der Waals surface area contributed by atoms with Crippen LogP contribution in [0.5, 0.6) is 0 Å². The minimum absolute atomic E-state index is 0.367. The summed E-state index contributed by atoms with van der Waals surface area (Å²) in [5.41, 5.74) is 3.07. The standard InChI is InChI=1S/C19H16F2N4O/c20-19(21)9-12(19)18(26)25-8-7-14-16(23-10-22-14)17(25)15-6-5-11-3-1-2-4-13(11)24-15/h1-6,10,12,17H,7-9H2,(H,22,23)/t12-,17+/m1/s1. The van der Waals surface area contributed by atoms with E-state index in [4.69, 9.17) is 4.98 Å². The first kappa shape index (κ1) is 15.4. The number of imidazole rings is 1. The lowest BCUT2D eigenvalue weighted by atomic mass is 9.98. The third kappa shape index (κ3) is 2.30. The molecule has 1 aromatic carbocycles. The fourth-order valence-corrected chi connectivity index (χ4v) is 3.73. The number of carbonyl (C=O) groups excluding carboxylic acids is 1. The number of fused-ring (bicyclic) bond motifs is 2. The van der Waals surface area contributed by atoms with Gasteiger partial charge in [0.2, 0.25) is 5.91 Å². The average molecular weight is 354 g/mol. The highest BCUT2D eigenvalue weighted by Gasteiger charge is 2.63. The molecular formula is C19H16F2N4O. The van der Waals surface area contributed by atoms with E-state index in [0.717, 1.165) is 16.6 Å². The number of nitrogens with zero attached hydrogens (tertiary/aromatic N) is 3. The third-order valence-corrected chi connectivity index (χ3v) is 5.23. The van der Waals surface area contributed by atoms with E-state index < -0.39 is 23.8 Å². The van der Waals surface area contributed by atoms with Crippen molar-refractivity contribution in [2.75, 3.05) is 6.54 Å². The molecule has 1 N–H and O–H groups in total. The van der Waals surface area contributed by atoms with Crippen LogP contribution in [0.15, 0.2) is 42.7 Å². The maximum atomic E-state index is 13.5. The lowest BCUT2D eigenvalue weighted by Crippen LogP contribution is -2.42. The van der Waals surface area contributed by atoms with Gasteiger partial charge in [-0.1, -0.05) is 24.3 Å². The van der Waals surface area contributed by atoms with E-state index >= 15 is 0 Å². The zero-order valence-corrected chi connectivity index (χ0v) is 13.8. The number of halogens is 2. The predicted octanol–water partition coefficient (Wildman–Crippen LogP) is 3.09. The fraction of sp³-hybridized carbons (Fsp3) is 0.316. The molecule has 0 unspecified atom stereocenters. The number of hydrogen-bond donors (Lipinski definition) is 1. The van der Waals surface area contributed by atoms with Gasteiger partial charge in [-0.2, -0.15) is 0 Å². The number of aromatic amines is 1. The van der Waals surface area contributed by atoms with Crippen molar-refractivity contribution in [2.24, 2.45) is 5.92 Å². The second kappa shape index (κ2) is 5.33. The smallest absolute Gasteiger partial charge is 0.260 e. The molecule has 0 spiro atoms. The van der Waals surface area contributed by atoms with Crippen molar-refractivity contribution in [3.63, 3.8) is 0 Å². The van der Waals surface area contributed by atoms with E-state index in [9.17, 15) is 13.6 Å². The number of benzene rings is 1. The summed E-state index contributed by atoms with van der Waals surface area (Å²) >= 11 is 0. The maximum Gasteiger partial charge on any atom is 0.260 e. The van der Waals surface area contributed by atoms with Gasteiger partial charge in [-0.05, 0) is 12.1 Å². The molecule has 5 rings (SSSR count). The van der Waals surface area contributed by atoms with Crippen LogP contribution in [0.2, 0.25) is 0 Å². The highest BCUT2D eigenvalue weighted by molar-refractivity contribution is 5.84. The Labute approximate surface area is 148 Å². The van der Waals surface area contributed by atoms with Crippen molar-refractivity contribution in [2.45, 2.75) is 24.8 Å². The number of hydrogen-bond acceptors (Lipinski definition) is 3. The van der Waals surface area contributed by atoms with E-state index in [1.165, 1.54) is 4.90 Å². The van der Waals surface area contributed by atoms with Gasteiger partial charge in [0.05, 0.1) is 23.2 Å². The molecule has 2 aromatic heterocycles. The largest absolute Gasteiger partial charge is 0.348 e. The number of amides is 1. The van der Waals surface area contributed by atoms with E-state index in [1.54, 1.807) is 6.33 Å². The van der Waals surface area contributed by atoms with Crippen LogP contribution in [0.25, 0.3) is 10.9 Å². The number of alkyl halides is 2. The van der Waals surface area contributed by atoms with Crippen LogP contribution in [0, 0.1) is 5.92 Å². The van der Waals surface area contributed by atoms with Crippen LogP contribution in [0.3, 0.4) is 0 Å². The first-order chi connectivity index (χ1) is 12.5. The topological polar surface area (TPSA) is 61.9 Å². The van der Waals surface area contributed by atoms with E-state index in [1.807, 2.05) is 36.4 Å². The Morgan fingerprint density at radius 3 is 2.85 bits per heavy atom. The van der Waals surface area contributed by atoms with Crippen molar-refractivity contribution in [1.82, 2.24) is 19.9 Å². The highest BCUT2D eigenvalue weighted by Crippen LogP contribution is 2.51. The lowest BCUT2D eigenvalue weighted by Gasteiger charge is -2.34. The van der Waals surface area contributed by atoms with E-state index in [-0.39, 0.29) is 6.42 Å². The summed E-state index contributed by atoms with van der Waals surface area (Å²) in [4.78, 5) is 26.4. The van der Waals surface area contributed by atoms with Crippen molar-refractivity contribution in [1.29, 1.82) is 0 Å². The molecule has 26 heavy (non-hydrogen) atoms. The number of H-pyrrole nitrogens is 1. The summed E-state index contributed by atoms with van der Waals surface area (Å²) in [6.07, 6.45) is 1.79. The van der Waals surface area contributed by atoms with Gasteiger partial charge in [-0.3, -0.25) is 9.78 Å². The van der Waals surface area contributed by atoms with Gasteiger partial charge >= 0.3 is 0 Å². The third-order valence-electron chi connectivity index (χ3n) is 5.23. The van der Waals surface area contributed by atoms with Crippen LogP contribution < -0.4 is 0 Å². The monoisotopic (exact) mass is 354 g/mol. The van der Waals surface area contributed by atoms with Crippen LogP contribution >= 0.6 is 0 Å². The minimum atomic E-state index is -2.88. The van der Waals surface area contributed by atoms with Gasteiger partial charge in [-0.15, -0.1) is 0 Å². The molecule has 0 bridgehead atoms. The Kier molecular flexibility index (Phi) is 3.16. The molecule has 1 saturated carbocycles. The molecular weight excluding hydrogens is 338 g/mol. The predicted molar refractivity (Wildman–Crippen MR) is 90.6 cm³/mol.